The number of nitrogens with zero attached hydrogens (tertiary/aromatic N) is 3. The fourth-order valence-electron chi connectivity index (χ4n) is 12.0. The second-order valence-corrected chi connectivity index (χ2v) is 15.9. The van der Waals surface area contributed by atoms with Crippen LogP contribution >= 0.6 is 0 Å². The summed E-state index contributed by atoms with van der Waals surface area (Å²) in [6.45, 7) is 0.412. The van der Waals surface area contributed by atoms with Gasteiger partial charge in [-0.3, -0.25) is 0 Å². The van der Waals surface area contributed by atoms with E-state index in [-0.39, 0.29) is 20.1 Å². The van der Waals surface area contributed by atoms with Crippen molar-refractivity contribution in [3.8, 4) is 16.8 Å². The smallest absolute Gasteiger partial charge is 0.257 e. The largest absolute Gasteiger partial charge is 0.313 e. The van der Waals surface area contributed by atoms with Crippen LogP contribution in [0, 0.1) is 0 Å². The summed E-state index contributed by atoms with van der Waals surface area (Å²) in [5.74, 6) is 0. The van der Waals surface area contributed by atoms with Gasteiger partial charge in [0, 0.05) is 50.6 Å². The SMILES string of the molecule is c1ccc(B2c3ccc4c5c3N3c6c(ccc7c6B6c8c(ccc2c83)-n2c3ccccc3c3ccc(c6c32)N7c2ccccc2)B5c2ccccc2-4)cc1. The minimum atomic E-state index is 0.103. The fourth-order valence-corrected chi connectivity index (χ4v) is 12.0. The maximum absolute atomic E-state index is 2.76. The number of benzene rings is 8. The first kappa shape index (κ1) is 27.0. The molecule has 15 rings (SSSR count). The van der Waals surface area contributed by atoms with Crippen molar-refractivity contribution in [2.75, 3.05) is 9.80 Å². The van der Waals surface area contributed by atoms with E-state index >= 15 is 0 Å². The lowest BCUT2D eigenvalue weighted by Crippen LogP contribution is -2.72. The molecule has 0 fully saturated rings. The number of para-hydroxylation sites is 2. The van der Waals surface area contributed by atoms with Crippen LogP contribution in [0.25, 0.3) is 38.6 Å². The van der Waals surface area contributed by atoms with E-state index in [2.05, 4.69) is 172 Å². The predicted octanol–water partition coefficient (Wildman–Crippen LogP) is 4.82. The number of anilines is 6. The van der Waals surface area contributed by atoms with Gasteiger partial charge < -0.3 is 14.4 Å². The molecule has 0 radical (unpaired) electrons. The first-order valence-corrected chi connectivity index (χ1v) is 19.2. The van der Waals surface area contributed by atoms with E-state index in [1.165, 1.54) is 122 Å². The van der Waals surface area contributed by atoms with Gasteiger partial charge in [-0.15, -0.1) is 0 Å². The lowest BCUT2D eigenvalue weighted by molar-refractivity contribution is 1.17. The van der Waals surface area contributed by atoms with Crippen LogP contribution in [0.2, 0.25) is 0 Å². The van der Waals surface area contributed by atoms with E-state index in [1.807, 2.05) is 0 Å². The van der Waals surface area contributed by atoms with Crippen LogP contribution in [0.4, 0.5) is 34.1 Å². The van der Waals surface area contributed by atoms with Gasteiger partial charge in [0.1, 0.15) is 0 Å². The summed E-state index contributed by atoms with van der Waals surface area (Å²) >= 11 is 0. The molecule has 0 aliphatic carbocycles. The molecule has 0 unspecified atom stereocenters. The van der Waals surface area contributed by atoms with Gasteiger partial charge in [0.15, 0.2) is 0 Å². The average Bonchev–Trinajstić information content (AvgIpc) is 3.76. The zero-order valence-electron chi connectivity index (χ0n) is 29.1. The highest BCUT2D eigenvalue weighted by Crippen LogP contribution is 2.50. The van der Waals surface area contributed by atoms with Crippen molar-refractivity contribution in [2.45, 2.75) is 0 Å². The van der Waals surface area contributed by atoms with Gasteiger partial charge in [-0.1, -0.05) is 132 Å². The van der Waals surface area contributed by atoms with Crippen molar-refractivity contribution >= 4 is 125 Å². The highest BCUT2D eigenvalue weighted by Gasteiger charge is 2.56. The lowest BCUT2D eigenvalue weighted by atomic mass is 9.26. The standard InChI is InChI=1S/C48H26B3N3/c1-3-11-27(12-4-1)49-34-21-19-31-29-15-7-9-17-33(29)50-36-23-25-39-43-48(36)54(46(34)41(31)50)47-35(49)22-26-40-44(47)51(43)42-38(52(39)28-13-5-2-6-14-28)24-20-32-30-16-8-10-18-37(30)53(40)45(32)42/h1-26H. The van der Waals surface area contributed by atoms with Crippen LogP contribution < -0.4 is 59.0 Å². The third-order valence-corrected chi connectivity index (χ3v) is 13.7. The average molecular weight is 677 g/mol. The van der Waals surface area contributed by atoms with Crippen LogP contribution in [-0.2, 0) is 0 Å². The molecule has 0 saturated carbocycles. The van der Waals surface area contributed by atoms with E-state index in [4.69, 9.17) is 0 Å². The molecule has 6 aliphatic heterocycles. The topological polar surface area (TPSA) is 11.4 Å². The minimum absolute atomic E-state index is 0.103. The Kier molecular flexibility index (Phi) is 4.47. The van der Waals surface area contributed by atoms with Crippen molar-refractivity contribution < 1.29 is 0 Å². The Bertz CT molecular complexity index is 3260. The molecule has 54 heavy (non-hydrogen) atoms. The summed E-state index contributed by atoms with van der Waals surface area (Å²) in [6.07, 6.45) is 0. The molecule has 9 aromatic rings. The first-order chi connectivity index (χ1) is 26.9. The molecule has 0 N–H and O–H groups in total. The fraction of sp³-hybridized carbons (Fsp3) is 0. The summed E-state index contributed by atoms with van der Waals surface area (Å²) < 4.78 is 2.61. The quantitative estimate of drug-likeness (QED) is 0.244. The van der Waals surface area contributed by atoms with Gasteiger partial charge in [0.2, 0.25) is 13.4 Å². The first-order valence-electron chi connectivity index (χ1n) is 19.2. The summed E-state index contributed by atoms with van der Waals surface area (Å²) in [6, 6.07) is 60.1. The number of rotatable bonds is 2. The van der Waals surface area contributed by atoms with Crippen LogP contribution in [-0.4, -0.2) is 24.7 Å². The highest BCUT2D eigenvalue weighted by atomic mass is 15.2. The summed E-state index contributed by atoms with van der Waals surface area (Å²) in [4.78, 5) is 5.33. The Hall–Kier alpha value is -6.65. The van der Waals surface area contributed by atoms with Crippen LogP contribution in [0.15, 0.2) is 158 Å². The van der Waals surface area contributed by atoms with Crippen molar-refractivity contribution in [1.29, 1.82) is 0 Å². The Morgan fingerprint density at radius 2 is 0.981 bits per heavy atom. The molecule has 8 aromatic carbocycles. The Morgan fingerprint density at radius 3 is 1.83 bits per heavy atom. The zero-order chi connectivity index (χ0) is 34.6. The minimum Gasteiger partial charge on any atom is -0.313 e. The van der Waals surface area contributed by atoms with E-state index < -0.39 is 0 Å². The van der Waals surface area contributed by atoms with Gasteiger partial charge in [-0.2, -0.15) is 0 Å². The van der Waals surface area contributed by atoms with Gasteiger partial charge >= 0.3 is 0 Å². The molecule has 0 saturated heterocycles. The van der Waals surface area contributed by atoms with E-state index in [0.29, 0.717) is 0 Å². The number of hydrogen-bond donors (Lipinski definition) is 0. The molecular formula is C48H26B3N3. The molecule has 7 heterocycles. The van der Waals surface area contributed by atoms with Crippen LogP contribution in [0.5, 0.6) is 0 Å². The molecule has 1 aromatic heterocycles. The Labute approximate surface area is 313 Å². The molecule has 0 bridgehead atoms. The number of fused-ring (bicyclic) bond motifs is 8. The molecule has 6 heteroatoms. The normalized spacial score (nSPS) is 14.9. The zero-order valence-corrected chi connectivity index (χ0v) is 29.1. The number of hydrogen-bond acceptors (Lipinski definition) is 2. The maximum Gasteiger partial charge on any atom is 0.257 e. The van der Waals surface area contributed by atoms with E-state index in [0.717, 1.165) is 0 Å². The molecular weight excluding hydrogens is 651 g/mol. The molecule has 6 aliphatic rings. The van der Waals surface area contributed by atoms with E-state index in [9.17, 15) is 0 Å². The third kappa shape index (κ3) is 2.77. The monoisotopic (exact) mass is 677 g/mol. The lowest BCUT2D eigenvalue weighted by Gasteiger charge is -2.52. The van der Waals surface area contributed by atoms with Gasteiger partial charge in [-0.05, 0) is 85.8 Å². The Morgan fingerprint density at radius 1 is 0.352 bits per heavy atom. The van der Waals surface area contributed by atoms with Gasteiger partial charge in [-0.25, -0.2) is 0 Å². The third-order valence-electron chi connectivity index (χ3n) is 13.7. The molecule has 0 amide bonds. The summed E-state index contributed by atoms with van der Waals surface area (Å²) in [7, 11) is 0. The second kappa shape index (κ2) is 8.93. The van der Waals surface area contributed by atoms with Crippen molar-refractivity contribution in [3.05, 3.63) is 158 Å². The van der Waals surface area contributed by atoms with Crippen LogP contribution in [0.3, 0.4) is 0 Å². The van der Waals surface area contributed by atoms with Crippen molar-refractivity contribution in [3.63, 3.8) is 0 Å². The maximum atomic E-state index is 2.76. The van der Waals surface area contributed by atoms with E-state index in [1.54, 1.807) is 0 Å². The molecule has 0 spiro atoms. The molecule has 0 atom stereocenters. The highest BCUT2D eigenvalue weighted by molar-refractivity contribution is 7.09. The second-order valence-electron chi connectivity index (χ2n) is 15.9. The summed E-state index contributed by atoms with van der Waals surface area (Å²) in [5.41, 5.74) is 27.5. The van der Waals surface area contributed by atoms with Crippen molar-refractivity contribution in [1.82, 2.24) is 4.57 Å². The molecule has 3 nitrogen and oxygen atoms in total. The summed E-state index contributed by atoms with van der Waals surface area (Å²) in [5, 5.41) is 2.65. The van der Waals surface area contributed by atoms with Crippen molar-refractivity contribution in [2.24, 2.45) is 0 Å². The van der Waals surface area contributed by atoms with Gasteiger partial charge in [0.25, 0.3) is 6.71 Å². The Balaban J connectivity index is 1.19. The predicted molar refractivity (Wildman–Crippen MR) is 230 cm³/mol. The van der Waals surface area contributed by atoms with Crippen LogP contribution in [0.1, 0.15) is 0 Å². The number of aromatic nitrogens is 1. The molecule has 242 valence electrons. The van der Waals surface area contributed by atoms with Gasteiger partial charge in [0.05, 0.1) is 11.0 Å².